The quantitative estimate of drug-likeness (QED) is 0.322. The number of hydrogen-bond donors (Lipinski definition) is 0. The summed E-state index contributed by atoms with van der Waals surface area (Å²) in [7, 11) is 0. The lowest BCUT2D eigenvalue weighted by Crippen LogP contribution is -2.31. The van der Waals surface area contributed by atoms with Gasteiger partial charge in [0.05, 0.1) is 28.1 Å². The van der Waals surface area contributed by atoms with Crippen LogP contribution < -0.4 is 4.90 Å². The summed E-state index contributed by atoms with van der Waals surface area (Å²) in [5, 5.41) is 0. The first kappa shape index (κ1) is 21.6. The highest BCUT2D eigenvalue weighted by Crippen LogP contribution is 2.49. The van der Waals surface area contributed by atoms with Gasteiger partial charge in [0.15, 0.2) is 0 Å². The third kappa shape index (κ3) is 3.88. The minimum Gasteiger partial charge on any atom is -0.340 e. The molecule has 0 spiro atoms. The average Bonchev–Trinajstić information content (AvgIpc) is 3.05. The van der Waals surface area contributed by atoms with E-state index in [1.165, 1.54) is 28.8 Å². The van der Waals surface area contributed by atoms with Crippen molar-refractivity contribution in [2.45, 2.75) is 28.8 Å². The maximum absolute atomic E-state index is 13.4. The number of alkyl halides is 3. The first-order chi connectivity index (χ1) is 15.8. The van der Waals surface area contributed by atoms with E-state index in [2.05, 4.69) is 0 Å². The first-order valence-corrected chi connectivity index (χ1v) is 11.4. The molecule has 0 bridgehead atoms. The van der Waals surface area contributed by atoms with E-state index in [9.17, 15) is 22.8 Å². The largest absolute Gasteiger partial charge is 0.416 e. The molecule has 0 aromatic heterocycles. The molecule has 2 amide bonds. The molecule has 0 aliphatic carbocycles. The van der Waals surface area contributed by atoms with Crippen LogP contribution in [0.15, 0.2) is 76.5 Å². The summed E-state index contributed by atoms with van der Waals surface area (Å²) >= 11 is 1.45. The number of nitrogens with zero attached hydrogens (tertiary/aromatic N) is 2. The third-order valence-corrected chi connectivity index (χ3v) is 6.97. The predicted molar refractivity (Wildman–Crippen MR) is 120 cm³/mol. The molecule has 0 atom stereocenters. The second-order valence-corrected chi connectivity index (χ2v) is 9.00. The van der Waals surface area contributed by atoms with Crippen LogP contribution in [0.5, 0.6) is 0 Å². The average molecular weight is 469 g/mol. The zero-order valence-electron chi connectivity index (χ0n) is 17.4. The Labute approximate surface area is 193 Å². The fourth-order valence-corrected chi connectivity index (χ4v) is 5.30. The molecule has 2 heterocycles. The SMILES string of the molecule is O=C1c2ccccc2C(=O)N1CCCCN1c2ccccc2Sc2ccc(C(F)(F)F)cc21. The molecule has 0 fully saturated rings. The fraction of sp³-hybridized carbons (Fsp3) is 0.200. The summed E-state index contributed by atoms with van der Waals surface area (Å²) in [5.41, 5.74) is 1.53. The Morgan fingerprint density at radius 2 is 1.27 bits per heavy atom. The van der Waals surface area contributed by atoms with E-state index < -0.39 is 11.7 Å². The van der Waals surface area contributed by atoms with E-state index >= 15 is 0 Å². The van der Waals surface area contributed by atoms with Crippen molar-refractivity contribution in [2.24, 2.45) is 0 Å². The Hall–Kier alpha value is -3.26. The number of benzene rings is 3. The number of halogens is 3. The van der Waals surface area contributed by atoms with Crippen molar-refractivity contribution < 1.29 is 22.8 Å². The summed E-state index contributed by atoms with van der Waals surface area (Å²) in [6.07, 6.45) is -3.28. The fourth-order valence-electron chi connectivity index (χ4n) is 4.23. The maximum Gasteiger partial charge on any atom is 0.416 e. The van der Waals surface area contributed by atoms with Gasteiger partial charge in [0.2, 0.25) is 0 Å². The smallest absolute Gasteiger partial charge is 0.340 e. The van der Waals surface area contributed by atoms with Gasteiger partial charge in [0, 0.05) is 22.9 Å². The highest BCUT2D eigenvalue weighted by Gasteiger charge is 2.35. The van der Waals surface area contributed by atoms with Crippen molar-refractivity contribution in [1.29, 1.82) is 0 Å². The summed E-state index contributed by atoms with van der Waals surface area (Å²) in [6.45, 7) is 0.737. The van der Waals surface area contributed by atoms with Gasteiger partial charge in [0.25, 0.3) is 11.8 Å². The van der Waals surface area contributed by atoms with Crippen molar-refractivity contribution in [3.8, 4) is 0 Å². The Kier molecular flexibility index (Phi) is 5.40. The van der Waals surface area contributed by atoms with E-state index in [0.29, 0.717) is 36.2 Å². The molecule has 3 aromatic carbocycles. The van der Waals surface area contributed by atoms with Gasteiger partial charge in [-0.1, -0.05) is 36.0 Å². The van der Waals surface area contributed by atoms with Gasteiger partial charge in [-0.25, -0.2) is 0 Å². The van der Waals surface area contributed by atoms with Crippen LogP contribution in [0, 0.1) is 0 Å². The van der Waals surface area contributed by atoms with Crippen molar-refractivity contribution in [2.75, 3.05) is 18.0 Å². The van der Waals surface area contributed by atoms with Gasteiger partial charge in [-0.2, -0.15) is 13.2 Å². The molecule has 5 rings (SSSR count). The minimum absolute atomic E-state index is 0.270. The van der Waals surface area contributed by atoms with Gasteiger partial charge >= 0.3 is 6.18 Å². The van der Waals surface area contributed by atoms with Gasteiger partial charge in [-0.15, -0.1) is 0 Å². The van der Waals surface area contributed by atoms with Crippen LogP contribution >= 0.6 is 11.8 Å². The molecule has 4 nitrogen and oxygen atoms in total. The van der Waals surface area contributed by atoms with Gasteiger partial charge in [0.1, 0.15) is 0 Å². The summed E-state index contributed by atoms with van der Waals surface area (Å²) < 4.78 is 40.1. The van der Waals surface area contributed by atoms with Crippen LogP contribution in [-0.2, 0) is 6.18 Å². The molecule has 0 saturated heterocycles. The van der Waals surface area contributed by atoms with Crippen LogP contribution in [0.25, 0.3) is 0 Å². The molecule has 168 valence electrons. The number of unbranched alkanes of at least 4 members (excludes halogenated alkanes) is 1. The van der Waals surface area contributed by atoms with Crippen LogP contribution in [0.2, 0.25) is 0 Å². The van der Waals surface area contributed by atoms with E-state index in [4.69, 9.17) is 0 Å². The minimum atomic E-state index is -4.42. The van der Waals surface area contributed by atoms with E-state index in [-0.39, 0.29) is 18.4 Å². The number of anilines is 2. The standard InChI is InChI=1S/C25H19F3N2O2S/c26-25(27,28)16-11-12-22-20(15-16)29(19-9-3-4-10-21(19)33-22)13-5-6-14-30-23(31)17-7-1-2-8-18(17)24(30)32/h1-4,7-12,15H,5-6,13-14H2. The number of para-hydroxylation sites is 1. The predicted octanol–water partition coefficient (Wildman–Crippen LogP) is 6.38. The molecule has 2 aliphatic rings. The highest BCUT2D eigenvalue weighted by atomic mass is 32.2. The summed E-state index contributed by atoms with van der Waals surface area (Å²) in [5.74, 6) is -0.592. The Balaban J connectivity index is 1.33. The van der Waals surface area contributed by atoms with Crippen molar-refractivity contribution in [3.05, 3.63) is 83.4 Å². The number of imide groups is 1. The molecule has 0 N–H and O–H groups in total. The van der Waals surface area contributed by atoms with E-state index in [0.717, 1.165) is 21.5 Å². The highest BCUT2D eigenvalue weighted by molar-refractivity contribution is 7.99. The van der Waals surface area contributed by atoms with Gasteiger partial charge in [-0.3, -0.25) is 14.5 Å². The first-order valence-electron chi connectivity index (χ1n) is 10.6. The van der Waals surface area contributed by atoms with E-state index in [1.54, 1.807) is 24.3 Å². The van der Waals surface area contributed by atoms with E-state index in [1.807, 2.05) is 29.2 Å². The van der Waals surface area contributed by atoms with Crippen molar-refractivity contribution >= 4 is 35.0 Å². The maximum atomic E-state index is 13.4. The van der Waals surface area contributed by atoms with Gasteiger partial charge in [-0.05, 0) is 55.3 Å². The number of rotatable bonds is 5. The lowest BCUT2D eigenvalue weighted by Gasteiger charge is -2.33. The normalized spacial score (nSPS) is 14.9. The number of hydrogen-bond acceptors (Lipinski definition) is 4. The molecular weight excluding hydrogens is 449 g/mol. The number of fused-ring (bicyclic) bond motifs is 3. The molecule has 0 unspecified atom stereocenters. The van der Waals surface area contributed by atoms with Crippen molar-refractivity contribution in [3.63, 3.8) is 0 Å². The molecular formula is C25H19F3N2O2S. The monoisotopic (exact) mass is 468 g/mol. The molecule has 3 aromatic rings. The molecule has 0 radical (unpaired) electrons. The Bertz CT molecular complexity index is 1220. The number of amides is 2. The second kappa shape index (κ2) is 8.26. The third-order valence-electron chi connectivity index (χ3n) is 5.84. The molecule has 33 heavy (non-hydrogen) atoms. The van der Waals surface area contributed by atoms with Crippen molar-refractivity contribution in [1.82, 2.24) is 4.90 Å². The summed E-state index contributed by atoms with van der Waals surface area (Å²) in [4.78, 5) is 30.0. The Morgan fingerprint density at radius 1 is 0.697 bits per heavy atom. The second-order valence-electron chi connectivity index (χ2n) is 7.92. The van der Waals surface area contributed by atoms with Gasteiger partial charge < -0.3 is 4.90 Å². The number of carbonyl (C=O) groups excluding carboxylic acids is 2. The molecule has 8 heteroatoms. The zero-order chi connectivity index (χ0) is 23.2. The summed E-state index contributed by atoms with van der Waals surface area (Å²) in [6, 6.07) is 18.2. The number of carbonyl (C=O) groups is 2. The van der Waals surface area contributed by atoms with Crippen LogP contribution in [0.3, 0.4) is 0 Å². The van der Waals surface area contributed by atoms with Crippen LogP contribution in [0.4, 0.5) is 24.5 Å². The topological polar surface area (TPSA) is 40.6 Å². The lowest BCUT2D eigenvalue weighted by molar-refractivity contribution is -0.137. The molecule has 0 saturated carbocycles. The Morgan fingerprint density at radius 3 is 1.94 bits per heavy atom. The van der Waals surface area contributed by atoms with Crippen LogP contribution in [0.1, 0.15) is 39.1 Å². The molecule has 2 aliphatic heterocycles. The zero-order valence-corrected chi connectivity index (χ0v) is 18.2. The van der Waals surface area contributed by atoms with Crippen LogP contribution in [-0.4, -0.2) is 29.8 Å². The lowest BCUT2D eigenvalue weighted by atomic mass is 10.1.